The number of nitrogens with zero attached hydrogens (tertiary/aromatic N) is 2. The Morgan fingerprint density at radius 2 is 2.33 bits per heavy atom. The summed E-state index contributed by atoms with van der Waals surface area (Å²) in [5.41, 5.74) is 6.49. The van der Waals surface area contributed by atoms with E-state index in [1.54, 1.807) is 18.2 Å². The molecule has 0 bridgehead atoms. The smallest absolute Gasteiger partial charge is 0.252 e. The minimum atomic E-state index is -0.237. The number of carbonyl (C=O) groups excluding carboxylic acids is 1. The highest BCUT2D eigenvalue weighted by Crippen LogP contribution is 2.18. The number of benzene rings is 1. The number of amides is 1. The number of H-pyrrole nitrogens is 1. The van der Waals surface area contributed by atoms with Crippen molar-refractivity contribution < 1.29 is 4.79 Å². The molecule has 2 rings (SSSR count). The summed E-state index contributed by atoms with van der Waals surface area (Å²) in [5.74, 6) is 0.484. The molecule has 7 heteroatoms. The molecule has 18 heavy (non-hydrogen) atoms. The Morgan fingerprint density at radius 3 is 3.00 bits per heavy atom. The van der Waals surface area contributed by atoms with Gasteiger partial charge in [-0.1, -0.05) is 11.6 Å². The lowest BCUT2D eigenvalue weighted by molar-refractivity contribution is 0.0954. The van der Waals surface area contributed by atoms with Crippen molar-refractivity contribution in [2.75, 3.05) is 12.3 Å². The van der Waals surface area contributed by atoms with Gasteiger partial charge in [0.25, 0.3) is 5.91 Å². The fourth-order valence-electron chi connectivity index (χ4n) is 1.46. The predicted octanol–water partition coefficient (Wildman–Crippen LogP) is 1.01. The third-order valence-corrected chi connectivity index (χ3v) is 2.66. The number of halogens is 1. The predicted molar refractivity (Wildman–Crippen MR) is 68.3 cm³/mol. The van der Waals surface area contributed by atoms with Crippen molar-refractivity contribution in [1.82, 2.24) is 20.5 Å². The highest BCUT2D eigenvalue weighted by molar-refractivity contribution is 6.34. The fraction of sp³-hybridized carbons (Fsp3) is 0.182. The van der Waals surface area contributed by atoms with Crippen molar-refractivity contribution in [2.24, 2.45) is 0 Å². The van der Waals surface area contributed by atoms with Gasteiger partial charge >= 0.3 is 0 Å². The van der Waals surface area contributed by atoms with E-state index in [0.717, 1.165) is 5.82 Å². The van der Waals surface area contributed by atoms with Crippen molar-refractivity contribution in [3.05, 3.63) is 40.9 Å². The minimum absolute atomic E-state index is 0.237. The first-order chi connectivity index (χ1) is 8.66. The van der Waals surface area contributed by atoms with Gasteiger partial charge in [-0.25, -0.2) is 4.98 Å². The molecule has 1 aromatic heterocycles. The molecule has 6 nitrogen and oxygen atoms in total. The van der Waals surface area contributed by atoms with Crippen LogP contribution in [0.1, 0.15) is 16.2 Å². The summed E-state index contributed by atoms with van der Waals surface area (Å²) in [6.07, 6.45) is 2.01. The Balaban J connectivity index is 1.91. The molecule has 1 amide bonds. The first kappa shape index (κ1) is 12.4. The Hall–Kier alpha value is -2.08. The molecular formula is C11H12ClN5O. The average molecular weight is 266 g/mol. The Bertz CT molecular complexity index is 540. The molecule has 94 valence electrons. The first-order valence-corrected chi connectivity index (χ1v) is 5.72. The molecule has 4 N–H and O–H groups in total. The van der Waals surface area contributed by atoms with Crippen LogP contribution in [0, 0.1) is 0 Å². The second-order valence-corrected chi connectivity index (χ2v) is 4.08. The molecule has 0 saturated heterocycles. The Labute approximate surface area is 109 Å². The van der Waals surface area contributed by atoms with Crippen molar-refractivity contribution in [3.8, 4) is 0 Å². The van der Waals surface area contributed by atoms with Gasteiger partial charge < -0.3 is 11.1 Å². The third-order valence-electron chi connectivity index (χ3n) is 2.35. The highest BCUT2D eigenvalue weighted by atomic mass is 35.5. The van der Waals surface area contributed by atoms with E-state index in [0.29, 0.717) is 29.2 Å². The van der Waals surface area contributed by atoms with Crippen LogP contribution in [0.25, 0.3) is 0 Å². The zero-order chi connectivity index (χ0) is 13.0. The number of nitrogen functional groups attached to an aromatic ring is 1. The zero-order valence-corrected chi connectivity index (χ0v) is 10.2. The minimum Gasteiger partial charge on any atom is -0.399 e. The highest BCUT2D eigenvalue weighted by Gasteiger charge is 2.09. The van der Waals surface area contributed by atoms with Crippen LogP contribution >= 0.6 is 11.6 Å². The lowest BCUT2D eigenvalue weighted by Gasteiger charge is -2.06. The van der Waals surface area contributed by atoms with E-state index in [1.807, 2.05) is 0 Å². The molecule has 0 aliphatic rings. The number of nitrogens with one attached hydrogen (secondary N) is 2. The van der Waals surface area contributed by atoms with Crippen LogP contribution in [-0.4, -0.2) is 27.6 Å². The molecule has 0 aliphatic carbocycles. The van der Waals surface area contributed by atoms with E-state index in [1.165, 1.54) is 6.33 Å². The van der Waals surface area contributed by atoms with Crippen LogP contribution in [0.4, 0.5) is 5.69 Å². The van der Waals surface area contributed by atoms with Crippen LogP contribution in [0.15, 0.2) is 24.5 Å². The fourth-order valence-corrected chi connectivity index (χ4v) is 1.73. The van der Waals surface area contributed by atoms with Gasteiger partial charge in [0.05, 0.1) is 10.6 Å². The normalized spacial score (nSPS) is 10.3. The Kier molecular flexibility index (Phi) is 3.78. The van der Waals surface area contributed by atoms with E-state index in [9.17, 15) is 4.79 Å². The second-order valence-electron chi connectivity index (χ2n) is 3.68. The summed E-state index contributed by atoms with van der Waals surface area (Å²) >= 11 is 5.93. The number of aromatic nitrogens is 3. The molecule has 1 aromatic carbocycles. The standard InChI is InChI=1S/C11H12ClN5O/c12-9-5-7(13)1-2-8(9)11(18)14-4-3-10-15-6-16-17-10/h1-2,5-6H,3-4,13H2,(H,14,18)(H,15,16,17). The Morgan fingerprint density at radius 1 is 1.50 bits per heavy atom. The van der Waals surface area contributed by atoms with Gasteiger partial charge in [0.1, 0.15) is 12.2 Å². The van der Waals surface area contributed by atoms with E-state index >= 15 is 0 Å². The van der Waals surface area contributed by atoms with Crippen molar-refractivity contribution in [3.63, 3.8) is 0 Å². The largest absolute Gasteiger partial charge is 0.399 e. The summed E-state index contributed by atoms with van der Waals surface area (Å²) < 4.78 is 0. The number of aromatic amines is 1. The quantitative estimate of drug-likeness (QED) is 0.719. The number of hydrogen-bond donors (Lipinski definition) is 3. The summed E-state index contributed by atoms with van der Waals surface area (Å²) in [4.78, 5) is 15.8. The number of hydrogen-bond acceptors (Lipinski definition) is 4. The molecule has 0 spiro atoms. The van der Waals surface area contributed by atoms with E-state index in [-0.39, 0.29) is 5.91 Å². The maximum Gasteiger partial charge on any atom is 0.252 e. The van der Waals surface area contributed by atoms with Crippen LogP contribution in [0.2, 0.25) is 5.02 Å². The number of anilines is 1. The zero-order valence-electron chi connectivity index (χ0n) is 9.48. The molecule has 0 unspecified atom stereocenters. The molecule has 2 aromatic rings. The molecule has 0 fully saturated rings. The maximum atomic E-state index is 11.8. The van der Waals surface area contributed by atoms with Gasteiger partial charge in [-0.05, 0) is 18.2 Å². The van der Waals surface area contributed by atoms with Crippen LogP contribution in [0.5, 0.6) is 0 Å². The molecular weight excluding hydrogens is 254 g/mol. The lowest BCUT2D eigenvalue weighted by atomic mass is 10.2. The summed E-state index contributed by atoms with van der Waals surface area (Å²) in [6, 6.07) is 4.78. The van der Waals surface area contributed by atoms with Crippen molar-refractivity contribution >= 4 is 23.2 Å². The maximum absolute atomic E-state index is 11.8. The van der Waals surface area contributed by atoms with Crippen molar-refractivity contribution in [1.29, 1.82) is 0 Å². The second kappa shape index (κ2) is 5.50. The SMILES string of the molecule is Nc1ccc(C(=O)NCCc2ncn[nH]2)c(Cl)c1. The van der Waals surface area contributed by atoms with Gasteiger partial charge in [-0.3, -0.25) is 9.89 Å². The molecule has 1 heterocycles. The molecule has 0 aliphatic heterocycles. The summed E-state index contributed by atoms with van der Waals surface area (Å²) in [5, 5.41) is 9.52. The number of rotatable bonds is 4. The van der Waals surface area contributed by atoms with Gasteiger partial charge in [-0.2, -0.15) is 5.10 Å². The van der Waals surface area contributed by atoms with Crippen molar-refractivity contribution in [2.45, 2.75) is 6.42 Å². The van der Waals surface area contributed by atoms with Gasteiger partial charge in [0.2, 0.25) is 0 Å². The lowest BCUT2D eigenvalue weighted by Crippen LogP contribution is -2.26. The van der Waals surface area contributed by atoms with Gasteiger partial charge in [-0.15, -0.1) is 0 Å². The monoisotopic (exact) mass is 265 g/mol. The number of nitrogens with two attached hydrogens (primary N) is 1. The topological polar surface area (TPSA) is 96.7 Å². The third kappa shape index (κ3) is 2.98. The average Bonchev–Trinajstić information content (AvgIpc) is 2.81. The van der Waals surface area contributed by atoms with Crippen LogP contribution in [-0.2, 0) is 6.42 Å². The van der Waals surface area contributed by atoms with E-state index in [4.69, 9.17) is 17.3 Å². The van der Waals surface area contributed by atoms with E-state index in [2.05, 4.69) is 20.5 Å². The summed E-state index contributed by atoms with van der Waals surface area (Å²) in [6.45, 7) is 0.453. The first-order valence-electron chi connectivity index (χ1n) is 5.34. The number of carbonyl (C=O) groups is 1. The summed E-state index contributed by atoms with van der Waals surface area (Å²) in [7, 11) is 0. The van der Waals surface area contributed by atoms with Gasteiger partial charge in [0.15, 0.2) is 0 Å². The molecule has 0 atom stereocenters. The van der Waals surface area contributed by atoms with E-state index < -0.39 is 0 Å². The van der Waals surface area contributed by atoms with Crippen LogP contribution in [0.3, 0.4) is 0 Å². The van der Waals surface area contributed by atoms with Crippen LogP contribution < -0.4 is 11.1 Å². The molecule has 0 radical (unpaired) electrons. The molecule has 0 saturated carbocycles. The van der Waals surface area contributed by atoms with Gasteiger partial charge in [0, 0.05) is 18.7 Å².